The molecule has 5 nitrogen and oxygen atoms in total. The summed E-state index contributed by atoms with van der Waals surface area (Å²) in [5.74, 6) is -0.593. The van der Waals surface area contributed by atoms with Crippen LogP contribution in [0.1, 0.15) is 6.92 Å². The molecule has 0 aliphatic rings. The van der Waals surface area contributed by atoms with Crippen molar-refractivity contribution in [2.75, 3.05) is 11.1 Å². The lowest BCUT2D eigenvalue weighted by molar-refractivity contribution is -0.115. The van der Waals surface area contributed by atoms with Crippen LogP contribution in [-0.4, -0.2) is 19.6 Å². The zero-order chi connectivity index (χ0) is 15.5. The number of rotatable bonds is 4. The van der Waals surface area contributed by atoms with E-state index in [1.807, 2.05) is 0 Å². The molecule has 0 radical (unpaired) electrons. The highest BCUT2D eigenvalue weighted by Gasteiger charge is 2.31. The van der Waals surface area contributed by atoms with Crippen molar-refractivity contribution in [2.45, 2.75) is 17.1 Å². The van der Waals surface area contributed by atoms with Crippen molar-refractivity contribution in [3.8, 4) is 0 Å². The van der Waals surface area contributed by atoms with Crippen molar-refractivity contribution in [3.63, 3.8) is 0 Å². The molecule has 0 aliphatic heterocycles. The summed E-state index contributed by atoms with van der Waals surface area (Å²) in [6.45, 7) is 1.35. The highest BCUT2D eigenvalue weighted by molar-refractivity contribution is 7.93. The number of carbonyl (C=O) groups excluding carboxylic acids is 1. The normalized spacial score (nSPS) is 12.6. The Kier molecular flexibility index (Phi) is 4.28. The average molecular weight is 304 g/mol. The Bertz CT molecular complexity index is 743. The van der Waals surface area contributed by atoms with Crippen LogP contribution in [0.4, 0.5) is 11.4 Å². The number of anilines is 2. The third-order valence-corrected chi connectivity index (χ3v) is 5.23. The topological polar surface area (TPSA) is 89.3 Å². The van der Waals surface area contributed by atoms with Crippen molar-refractivity contribution in [2.24, 2.45) is 0 Å². The van der Waals surface area contributed by atoms with Crippen molar-refractivity contribution in [1.82, 2.24) is 0 Å². The molecule has 1 unspecified atom stereocenters. The zero-order valence-electron chi connectivity index (χ0n) is 11.5. The number of hydrogen-bond donors (Lipinski definition) is 2. The standard InChI is InChI=1S/C15H16N2O3S/c1-11(15(18)17-12-7-3-2-4-8-12)21(19,20)14-10-6-5-9-13(14)16/h2-11H,16H2,1H3,(H,17,18). The summed E-state index contributed by atoms with van der Waals surface area (Å²) in [6, 6.07) is 14.8. The van der Waals surface area contributed by atoms with Crippen molar-refractivity contribution in [1.29, 1.82) is 0 Å². The highest BCUT2D eigenvalue weighted by Crippen LogP contribution is 2.23. The number of benzene rings is 2. The third kappa shape index (κ3) is 3.22. The number of nitrogen functional groups attached to an aromatic ring is 1. The molecule has 1 atom stereocenters. The van der Waals surface area contributed by atoms with E-state index >= 15 is 0 Å². The lowest BCUT2D eigenvalue weighted by atomic mass is 10.3. The smallest absolute Gasteiger partial charge is 0.242 e. The monoisotopic (exact) mass is 304 g/mol. The molecule has 2 aromatic carbocycles. The third-order valence-electron chi connectivity index (χ3n) is 3.10. The molecule has 0 spiro atoms. The fourth-order valence-electron chi connectivity index (χ4n) is 1.84. The number of amides is 1. The van der Waals surface area contributed by atoms with Gasteiger partial charge in [-0.05, 0) is 31.2 Å². The summed E-state index contributed by atoms with van der Waals surface area (Å²) in [7, 11) is -3.83. The Balaban J connectivity index is 2.25. The molecule has 21 heavy (non-hydrogen) atoms. The maximum Gasteiger partial charge on any atom is 0.242 e. The quantitative estimate of drug-likeness (QED) is 0.846. The molecule has 1 amide bonds. The van der Waals surface area contributed by atoms with Crippen LogP contribution in [0, 0.1) is 0 Å². The van der Waals surface area contributed by atoms with Crippen LogP contribution in [0.3, 0.4) is 0 Å². The van der Waals surface area contributed by atoms with E-state index in [2.05, 4.69) is 5.32 Å². The van der Waals surface area contributed by atoms with Gasteiger partial charge in [0.25, 0.3) is 0 Å². The van der Waals surface area contributed by atoms with Crippen LogP contribution in [-0.2, 0) is 14.6 Å². The predicted molar refractivity (Wildman–Crippen MR) is 82.6 cm³/mol. The number of nitrogens with one attached hydrogen (secondary N) is 1. The van der Waals surface area contributed by atoms with E-state index < -0.39 is 21.0 Å². The molecule has 0 heterocycles. The van der Waals surface area contributed by atoms with Gasteiger partial charge in [0, 0.05) is 5.69 Å². The van der Waals surface area contributed by atoms with Gasteiger partial charge >= 0.3 is 0 Å². The van der Waals surface area contributed by atoms with Crippen LogP contribution >= 0.6 is 0 Å². The van der Waals surface area contributed by atoms with E-state index in [4.69, 9.17) is 5.73 Å². The molecular formula is C15H16N2O3S. The molecule has 0 fully saturated rings. The molecule has 0 saturated carbocycles. The fraction of sp³-hybridized carbons (Fsp3) is 0.133. The Morgan fingerprint density at radius 2 is 1.62 bits per heavy atom. The van der Waals surface area contributed by atoms with E-state index in [9.17, 15) is 13.2 Å². The summed E-state index contributed by atoms with van der Waals surface area (Å²) < 4.78 is 24.9. The van der Waals surface area contributed by atoms with Crippen molar-refractivity contribution < 1.29 is 13.2 Å². The molecule has 0 saturated heterocycles. The van der Waals surface area contributed by atoms with Crippen LogP contribution in [0.25, 0.3) is 0 Å². The summed E-state index contributed by atoms with van der Waals surface area (Å²) >= 11 is 0. The first-order chi connectivity index (χ1) is 9.93. The molecule has 2 rings (SSSR count). The number of sulfone groups is 1. The van der Waals surface area contributed by atoms with Crippen LogP contribution in [0.15, 0.2) is 59.5 Å². The van der Waals surface area contributed by atoms with Gasteiger partial charge < -0.3 is 11.1 Å². The van der Waals surface area contributed by atoms with E-state index in [0.717, 1.165) is 0 Å². The van der Waals surface area contributed by atoms with Gasteiger partial charge in [0.15, 0.2) is 9.84 Å². The molecule has 0 aliphatic carbocycles. The van der Waals surface area contributed by atoms with Gasteiger partial charge in [-0.15, -0.1) is 0 Å². The minimum absolute atomic E-state index is 0.0271. The number of para-hydroxylation sites is 2. The van der Waals surface area contributed by atoms with Crippen LogP contribution in [0.2, 0.25) is 0 Å². The maximum absolute atomic E-state index is 12.4. The lowest BCUT2D eigenvalue weighted by Crippen LogP contribution is -2.33. The molecule has 0 aromatic heterocycles. The average Bonchev–Trinajstić information content (AvgIpc) is 2.47. The fourth-order valence-corrected chi connectivity index (χ4v) is 3.22. The molecule has 110 valence electrons. The highest BCUT2D eigenvalue weighted by atomic mass is 32.2. The molecular weight excluding hydrogens is 288 g/mol. The first-order valence-corrected chi connectivity index (χ1v) is 7.92. The Labute approximate surface area is 123 Å². The van der Waals surface area contributed by atoms with Gasteiger partial charge in [0.05, 0.1) is 10.6 Å². The SMILES string of the molecule is CC(C(=O)Nc1ccccc1)S(=O)(=O)c1ccccc1N. The van der Waals surface area contributed by atoms with Gasteiger partial charge in [-0.2, -0.15) is 0 Å². The van der Waals surface area contributed by atoms with Gasteiger partial charge in [0.2, 0.25) is 5.91 Å². The van der Waals surface area contributed by atoms with Crippen molar-refractivity contribution in [3.05, 3.63) is 54.6 Å². The zero-order valence-corrected chi connectivity index (χ0v) is 12.3. The first kappa shape index (κ1) is 15.1. The second-order valence-electron chi connectivity index (χ2n) is 4.58. The second kappa shape index (κ2) is 5.97. The summed E-state index contributed by atoms with van der Waals surface area (Å²) in [5, 5.41) is 1.34. The van der Waals surface area contributed by atoms with E-state index in [1.165, 1.54) is 19.1 Å². The van der Waals surface area contributed by atoms with Crippen molar-refractivity contribution >= 4 is 27.1 Å². The molecule has 6 heteroatoms. The minimum Gasteiger partial charge on any atom is -0.398 e. The summed E-state index contributed by atoms with van der Waals surface area (Å²) in [6.07, 6.45) is 0. The van der Waals surface area contributed by atoms with E-state index in [1.54, 1.807) is 42.5 Å². The van der Waals surface area contributed by atoms with E-state index in [-0.39, 0.29) is 10.6 Å². The van der Waals surface area contributed by atoms with Gasteiger partial charge in [0.1, 0.15) is 5.25 Å². The van der Waals surface area contributed by atoms with Gasteiger partial charge in [-0.25, -0.2) is 8.42 Å². The van der Waals surface area contributed by atoms with E-state index in [0.29, 0.717) is 5.69 Å². The Hall–Kier alpha value is -2.34. The molecule has 2 aromatic rings. The maximum atomic E-state index is 12.4. The number of carbonyl (C=O) groups is 1. The van der Waals surface area contributed by atoms with Crippen LogP contribution in [0.5, 0.6) is 0 Å². The molecule has 3 N–H and O–H groups in total. The Morgan fingerprint density at radius 1 is 1.05 bits per heavy atom. The first-order valence-electron chi connectivity index (χ1n) is 6.37. The largest absolute Gasteiger partial charge is 0.398 e. The molecule has 0 bridgehead atoms. The van der Waals surface area contributed by atoms with Gasteiger partial charge in [-0.1, -0.05) is 30.3 Å². The van der Waals surface area contributed by atoms with Crippen LogP contribution < -0.4 is 11.1 Å². The minimum atomic E-state index is -3.83. The summed E-state index contributed by atoms with van der Waals surface area (Å²) in [5.41, 5.74) is 6.37. The summed E-state index contributed by atoms with van der Waals surface area (Å²) in [4.78, 5) is 12.1. The Morgan fingerprint density at radius 3 is 2.24 bits per heavy atom. The lowest BCUT2D eigenvalue weighted by Gasteiger charge is -2.14. The number of nitrogens with two attached hydrogens (primary N) is 1. The predicted octanol–water partition coefficient (Wildman–Crippen LogP) is 2.07. The second-order valence-corrected chi connectivity index (χ2v) is 6.82. The van der Waals surface area contributed by atoms with Gasteiger partial charge in [-0.3, -0.25) is 4.79 Å². The number of hydrogen-bond acceptors (Lipinski definition) is 4.